The molecule has 0 amide bonds. The highest BCUT2D eigenvalue weighted by Gasteiger charge is 2.61. The Hall–Kier alpha value is -0.920. The zero-order valence-corrected chi connectivity index (χ0v) is 15.9. The Morgan fingerprint density at radius 2 is 1.76 bits per heavy atom. The molecule has 5 aliphatic rings. The molecule has 136 valence electrons. The van der Waals surface area contributed by atoms with Gasteiger partial charge in [0.25, 0.3) is 0 Å². The van der Waals surface area contributed by atoms with Crippen LogP contribution in [0.4, 0.5) is 0 Å². The Morgan fingerprint density at radius 3 is 2.48 bits per heavy atom. The fraction of sp³-hybridized carbons (Fsp3) is 0.826. The van der Waals surface area contributed by atoms with Crippen LogP contribution in [-0.2, 0) is 9.59 Å². The van der Waals surface area contributed by atoms with E-state index in [4.69, 9.17) is 0 Å². The van der Waals surface area contributed by atoms with E-state index in [1.165, 1.54) is 44.1 Å². The van der Waals surface area contributed by atoms with Crippen LogP contribution in [0.5, 0.6) is 0 Å². The van der Waals surface area contributed by atoms with Crippen LogP contribution in [0.2, 0.25) is 0 Å². The highest BCUT2D eigenvalue weighted by molar-refractivity contribution is 6.00. The molecule has 0 aliphatic heterocycles. The van der Waals surface area contributed by atoms with Crippen molar-refractivity contribution in [1.82, 2.24) is 0 Å². The van der Waals surface area contributed by atoms with Crippen molar-refractivity contribution >= 4 is 11.6 Å². The smallest absolute Gasteiger partial charge is 0.159 e. The van der Waals surface area contributed by atoms with E-state index in [-0.39, 0.29) is 17.3 Å². The molecule has 0 bridgehead atoms. The molecule has 0 aromatic heterocycles. The summed E-state index contributed by atoms with van der Waals surface area (Å²) in [7, 11) is 0. The largest absolute Gasteiger partial charge is 0.299 e. The molecule has 6 atom stereocenters. The van der Waals surface area contributed by atoms with E-state index in [0.717, 1.165) is 37.5 Å². The molecule has 2 heteroatoms. The summed E-state index contributed by atoms with van der Waals surface area (Å²) >= 11 is 0. The molecule has 0 heterocycles. The summed E-state index contributed by atoms with van der Waals surface area (Å²) in [6, 6.07) is 0. The fourth-order valence-corrected chi connectivity index (χ4v) is 7.64. The SMILES string of the molecule is C[C@]12CC[C@@H]3[C@@H](C(=O)C=C4CCCC(=O)[C@@]43C)[C@@H]1CC(C1CCC1)C2. The Balaban J connectivity index is 1.52. The number of Topliss-reactive ketones (excluding diaryl/α,β-unsaturated/α-hetero) is 1. The number of rotatable bonds is 1. The van der Waals surface area contributed by atoms with Crippen molar-refractivity contribution in [2.45, 2.75) is 78.1 Å². The zero-order valence-electron chi connectivity index (χ0n) is 15.9. The summed E-state index contributed by atoms with van der Waals surface area (Å²) in [4.78, 5) is 26.1. The number of fused-ring (bicyclic) bond motifs is 5. The average Bonchev–Trinajstić information content (AvgIpc) is 2.85. The van der Waals surface area contributed by atoms with Gasteiger partial charge in [-0.15, -0.1) is 0 Å². The van der Waals surface area contributed by atoms with Gasteiger partial charge < -0.3 is 0 Å². The standard InChI is InChI=1S/C23H32O2/c1-22-10-9-17-21(18(22)11-15(13-22)14-5-3-6-14)19(24)12-16-7-4-8-20(25)23(16,17)2/h12,14-15,17-18,21H,3-11,13H2,1-2H3/t15?,17-,18+,21-,22-,23+/m1/s1. The second-order valence-electron chi connectivity index (χ2n) is 10.4. The summed E-state index contributed by atoms with van der Waals surface area (Å²) in [6.07, 6.45) is 13.7. The van der Waals surface area contributed by atoms with Crippen LogP contribution in [0.15, 0.2) is 11.6 Å². The number of carbonyl (C=O) groups is 2. The van der Waals surface area contributed by atoms with Gasteiger partial charge in [-0.1, -0.05) is 31.8 Å². The van der Waals surface area contributed by atoms with Crippen molar-refractivity contribution in [3.05, 3.63) is 11.6 Å². The molecular weight excluding hydrogens is 308 g/mol. The second kappa shape index (κ2) is 5.30. The highest BCUT2D eigenvalue weighted by Crippen LogP contribution is 2.65. The van der Waals surface area contributed by atoms with Crippen molar-refractivity contribution in [3.8, 4) is 0 Å². The minimum absolute atomic E-state index is 0.125. The monoisotopic (exact) mass is 340 g/mol. The Bertz CT molecular complexity index is 657. The first kappa shape index (κ1) is 16.3. The van der Waals surface area contributed by atoms with Gasteiger partial charge in [0, 0.05) is 12.3 Å². The third-order valence-electron chi connectivity index (χ3n) is 9.37. The molecule has 0 aromatic carbocycles. The molecule has 0 N–H and O–H groups in total. The van der Waals surface area contributed by atoms with E-state index in [1.807, 2.05) is 6.08 Å². The van der Waals surface area contributed by atoms with Crippen LogP contribution in [0.25, 0.3) is 0 Å². The lowest BCUT2D eigenvalue weighted by molar-refractivity contribution is -0.142. The molecular formula is C23H32O2. The quantitative estimate of drug-likeness (QED) is 0.664. The number of hydrogen-bond acceptors (Lipinski definition) is 2. The molecule has 0 saturated heterocycles. The zero-order chi connectivity index (χ0) is 17.4. The predicted molar refractivity (Wildman–Crippen MR) is 97.9 cm³/mol. The van der Waals surface area contributed by atoms with E-state index in [0.29, 0.717) is 22.9 Å². The van der Waals surface area contributed by atoms with Crippen LogP contribution in [0.3, 0.4) is 0 Å². The first-order valence-electron chi connectivity index (χ1n) is 10.7. The van der Waals surface area contributed by atoms with Crippen LogP contribution >= 0.6 is 0 Å². The summed E-state index contributed by atoms with van der Waals surface area (Å²) in [6.45, 7) is 4.65. The lowest BCUT2D eigenvalue weighted by atomic mass is 9.47. The fourth-order valence-electron chi connectivity index (χ4n) is 7.64. The Kier molecular flexibility index (Phi) is 3.45. The highest BCUT2D eigenvalue weighted by atomic mass is 16.1. The Morgan fingerprint density at radius 1 is 0.960 bits per heavy atom. The van der Waals surface area contributed by atoms with Crippen LogP contribution < -0.4 is 0 Å². The Labute approximate surface area is 151 Å². The van der Waals surface area contributed by atoms with E-state index in [2.05, 4.69) is 13.8 Å². The average molecular weight is 341 g/mol. The molecule has 4 saturated carbocycles. The van der Waals surface area contributed by atoms with Gasteiger partial charge in [0.1, 0.15) is 5.78 Å². The van der Waals surface area contributed by atoms with Gasteiger partial charge in [0.2, 0.25) is 0 Å². The van der Waals surface area contributed by atoms with E-state index >= 15 is 0 Å². The summed E-state index contributed by atoms with van der Waals surface area (Å²) in [5, 5.41) is 0. The third kappa shape index (κ3) is 2.09. The van der Waals surface area contributed by atoms with Gasteiger partial charge in [-0.25, -0.2) is 0 Å². The molecule has 0 aromatic rings. The molecule has 1 unspecified atom stereocenters. The maximum Gasteiger partial charge on any atom is 0.159 e. The summed E-state index contributed by atoms with van der Waals surface area (Å²) in [5.74, 6) is 3.49. The van der Waals surface area contributed by atoms with Crippen LogP contribution in [0.1, 0.15) is 78.1 Å². The van der Waals surface area contributed by atoms with Crippen molar-refractivity contribution in [1.29, 1.82) is 0 Å². The maximum atomic E-state index is 13.2. The molecule has 5 rings (SSSR count). The predicted octanol–water partition coefficient (Wildman–Crippen LogP) is 5.11. The van der Waals surface area contributed by atoms with Gasteiger partial charge in [-0.2, -0.15) is 0 Å². The van der Waals surface area contributed by atoms with Crippen molar-refractivity contribution in [2.75, 3.05) is 0 Å². The summed E-state index contributed by atoms with van der Waals surface area (Å²) in [5.41, 5.74) is 1.19. The number of carbonyl (C=O) groups excluding carboxylic acids is 2. The van der Waals surface area contributed by atoms with E-state index in [9.17, 15) is 9.59 Å². The van der Waals surface area contributed by atoms with Crippen LogP contribution in [-0.4, -0.2) is 11.6 Å². The number of allylic oxidation sites excluding steroid dienone is 2. The van der Waals surface area contributed by atoms with Gasteiger partial charge in [-0.3, -0.25) is 9.59 Å². The molecule has 5 aliphatic carbocycles. The minimum Gasteiger partial charge on any atom is -0.299 e. The van der Waals surface area contributed by atoms with E-state index < -0.39 is 0 Å². The first-order valence-corrected chi connectivity index (χ1v) is 10.7. The molecule has 0 radical (unpaired) electrons. The maximum absolute atomic E-state index is 13.2. The summed E-state index contributed by atoms with van der Waals surface area (Å²) < 4.78 is 0. The lowest BCUT2D eigenvalue weighted by Crippen LogP contribution is -2.54. The topological polar surface area (TPSA) is 34.1 Å². The first-order chi connectivity index (χ1) is 11.9. The van der Waals surface area contributed by atoms with Gasteiger partial charge >= 0.3 is 0 Å². The molecule has 0 spiro atoms. The van der Waals surface area contributed by atoms with Gasteiger partial charge in [0.05, 0.1) is 5.41 Å². The second-order valence-corrected chi connectivity index (χ2v) is 10.4. The number of hydrogen-bond donors (Lipinski definition) is 0. The number of ketones is 2. The molecule has 2 nitrogen and oxygen atoms in total. The molecule has 25 heavy (non-hydrogen) atoms. The van der Waals surface area contributed by atoms with Crippen molar-refractivity contribution in [2.24, 2.45) is 40.4 Å². The van der Waals surface area contributed by atoms with Gasteiger partial charge in [0.15, 0.2) is 5.78 Å². The normalized spacial score (nSPS) is 49.8. The van der Waals surface area contributed by atoms with E-state index in [1.54, 1.807) is 0 Å². The lowest BCUT2D eigenvalue weighted by Gasteiger charge is -2.54. The van der Waals surface area contributed by atoms with Gasteiger partial charge in [-0.05, 0) is 80.6 Å². The van der Waals surface area contributed by atoms with Crippen molar-refractivity contribution in [3.63, 3.8) is 0 Å². The third-order valence-corrected chi connectivity index (χ3v) is 9.37. The molecule has 4 fully saturated rings. The minimum atomic E-state index is -0.327. The van der Waals surface area contributed by atoms with Crippen LogP contribution in [0, 0.1) is 40.4 Å². The van der Waals surface area contributed by atoms with Crippen molar-refractivity contribution < 1.29 is 9.59 Å².